The predicted octanol–water partition coefficient (Wildman–Crippen LogP) is 2.85. The Balaban J connectivity index is 3.16. The summed E-state index contributed by atoms with van der Waals surface area (Å²) in [5.41, 5.74) is 7.45. The lowest BCUT2D eigenvalue weighted by atomic mass is 9.94. The summed E-state index contributed by atoms with van der Waals surface area (Å²) >= 11 is 0. The van der Waals surface area contributed by atoms with Crippen LogP contribution >= 0.6 is 0 Å². The average molecular weight is 225 g/mol. The Bertz CT molecular complexity index is 352. The quantitative estimate of drug-likeness (QED) is 0.836. The van der Waals surface area contributed by atoms with E-state index in [1.165, 1.54) is 13.2 Å². The summed E-state index contributed by atoms with van der Waals surface area (Å²) in [6, 6.07) is 3.56. The number of hydrogen-bond acceptors (Lipinski definition) is 2. The monoisotopic (exact) mass is 225 g/mol. The molecule has 0 bridgehead atoms. The van der Waals surface area contributed by atoms with Gasteiger partial charge < -0.3 is 10.5 Å². The van der Waals surface area contributed by atoms with Crippen LogP contribution in [0.1, 0.15) is 37.3 Å². The smallest absolute Gasteiger partial charge is 0.165 e. The molecule has 0 aliphatic rings. The van der Waals surface area contributed by atoms with Crippen molar-refractivity contribution in [3.05, 3.63) is 29.1 Å². The molecule has 1 atom stereocenters. The van der Waals surface area contributed by atoms with Gasteiger partial charge in [0.15, 0.2) is 11.6 Å². The number of nitrogens with two attached hydrogens (primary N) is 1. The molecule has 0 radical (unpaired) electrons. The number of ether oxygens (including phenoxy) is 1. The molecular weight excluding hydrogens is 205 g/mol. The van der Waals surface area contributed by atoms with Crippen LogP contribution in [0.4, 0.5) is 4.39 Å². The number of benzene rings is 1. The van der Waals surface area contributed by atoms with Gasteiger partial charge >= 0.3 is 0 Å². The molecule has 1 unspecified atom stereocenters. The molecule has 0 aliphatic heterocycles. The molecule has 0 amide bonds. The first-order valence-corrected chi connectivity index (χ1v) is 5.70. The highest BCUT2D eigenvalue weighted by Crippen LogP contribution is 2.32. The van der Waals surface area contributed by atoms with Gasteiger partial charge in [0, 0.05) is 5.56 Å². The van der Waals surface area contributed by atoms with Crippen molar-refractivity contribution >= 4 is 0 Å². The van der Waals surface area contributed by atoms with Crippen LogP contribution in [0, 0.1) is 5.82 Å². The number of hydrogen-bond donors (Lipinski definition) is 1. The summed E-state index contributed by atoms with van der Waals surface area (Å²) in [6.07, 6.45) is 1.66. The molecule has 2 nitrogen and oxygen atoms in total. The van der Waals surface area contributed by atoms with Crippen molar-refractivity contribution in [2.45, 2.75) is 32.6 Å². The molecule has 1 aromatic rings. The maximum absolute atomic E-state index is 13.7. The molecule has 0 saturated carbocycles. The normalized spacial score (nSPS) is 12.6. The van der Waals surface area contributed by atoms with E-state index in [1.807, 2.05) is 19.9 Å². The van der Waals surface area contributed by atoms with Crippen LogP contribution in [0.15, 0.2) is 12.1 Å². The van der Waals surface area contributed by atoms with Gasteiger partial charge in [0.25, 0.3) is 0 Å². The fraction of sp³-hybridized carbons (Fsp3) is 0.538. The Morgan fingerprint density at radius 3 is 2.62 bits per heavy atom. The molecule has 0 aromatic heterocycles. The van der Waals surface area contributed by atoms with E-state index in [1.54, 1.807) is 0 Å². The molecule has 0 spiro atoms. The van der Waals surface area contributed by atoms with Crippen molar-refractivity contribution in [1.29, 1.82) is 0 Å². The van der Waals surface area contributed by atoms with Crippen molar-refractivity contribution < 1.29 is 9.13 Å². The van der Waals surface area contributed by atoms with Crippen LogP contribution in [-0.2, 0) is 6.42 Å². The third kappa shape index (κ3) is 2.73. The number of aryl methyl sites for hydroxylation is 1. The van der Waals surface area contributed by atoms with E-state index in [9.17, 15) is 4.39 Å². The van der Waals surface area contributed by atoms with Gasteiger partial charge in [0.05, 0.1) is 7.11 Å². The first-order chi connectivity index (χ1) is 7.63. The standard InChI is InChI=1S/C13H20FNO/c1-4-10-7-11(9(2)5-6-15)13(16-3)12(14)8-10/h7-9H,4-6,15H2,1-3H3. The van der Waals surface area contributed by atoms with Crippen LogP contribution in [0.25, 0.3) is 0 Å². The summed E-state index contributed by atoms with van der Waals surface area (Å²) < 4.78 is 18.9. The maximum Gasteiger partial charge on any atom is 0.165 e. The van der Waals surface area contributed by atoms with E-state index in [0.29, 0.717) is 12.3 Å². The molecule has 1 aromatic carbocycles. The number of rotatable bonds is 5. The van der Waals surface area contributed by atoms with E-state index >= 15 is 0 Å². The summed E-state index contributed by atoms with van der Waals surface area (Å²) in [7, 11) is 1.50. The van der Waals surface area contributed by atoms with E-state index in [0.717, 1.165) is 24.0 Å². The van der Waals surface area contributed by atoms with Crippen molar-refractivity contribution in [1.82, 2.24) is 0 Å². The Morgan fingerprint density at radius 1 is 1.44 bits per heavy atom. The van der Waals surface area contributed by atoms with Crippen LogP contribution in [0.5, 0.6) is 5.75 Å². The third-order valence-electron chi connectivity index (χ3n) is 2.88. The third-order valence-corrected chi connectivity index (χ3v) is 2.88. The van der Waals surface area contributed by atoms with Crippen LogP contribution in [0.2, 0.25) is 0 Å². The van der Waals surface area contributed by atoms with Gasteiger partial charge in [-0.25, -0.2) is 4.39 Å². The minimum Gasteiger partial charge on any atom is -0.493 e. The number of methoxy groups -OCH3 is 1. The largest absolute Gasteiger partial charge is 0.493 e. The molecule has 16 heavy (non-hydrogen) atoms. The molecule has 3 heteroatoms. The van der Waals surface area contributed by atoms with E-state index in [2.05, 4.69) is 0 Å². The summed E-state index contributed by atoms with van der Waals surface area (Å²) in [4.78, 5) is 0. The van der Waals surface area contributed by atoms with Crippen molar-refractivity contribution in [3.63, 3.8) is 0 Å². The van der Waals surface area contributed by atoms with Gasteiger partial charge in [-0.05, 0) is 36.9 Å². The van der Waals surface area contributed by atoms with E-state index in [-0.39, 0.29) is 11.7 Å². The zero-order valence-electron chi connectivity index (χ0n) is 10.2. The molecule has 0 heterocycles. The van der Waals surface area contributed by atoms with Crippen LogP contribution in [-0.4, -0.2) is 13.7 Å². The predicted molar refractivity (Wildman–Crippen MR) is 64.4 cm³/mol. The molecule has 1 rings (SSSR count). The van der Waals surface area contributed by atoms with Gasteiger partial charge in [-0.2, -0.15) is 0 Å². The second-order valence-corrected chi connectivity index (χ2v) is 4.03. The number of halogens is 1. The minimum absolute atomic E-state index is 0.223. The van der Waals surface area contributed by atoms with Gasteiger partial charge in [-0.1, -0.05) is 19.9 Å². The van der Waals surface area contributed by atoms with Crippen molar-refractivity contribution in [3.8, 4) is 5.75 Å². The summed E-state index contributed by atoms with van der Waals surface area (Å²) in [6.45, 7) is 4.66. The van der Waals surface area contributed by atoms with Gasteiger partial charge in [-0.3, -0.25) is 0 Å². The fourth-order valence-electron chi connectivity index (χ4n) is 1.86. The highest BCUT2D eigenvalue weighted by molar-refractivity contribution is 5.41. The molecule has 90 valence electrons. The first kappa shape index (κ1) is 13.0. The molecule has 0 aliphatic carbocycles. The summed E-state index contributed by atoms with van der Waals surface area (Å²) in [5, 5.41) is 0. The highest BCUT2D eigenvalue weighted by Gasteiger charge is 2.16. The maximum atomic E-state index is 13.7. The lowest BCUT2D eigenvalue weighted by Crippen LogP contribution is -2.07. The topological polar surface area (TPSA) is 35.2 Å². The van der Waals surface area contributed by atoms with Gasteiger partial charge in [-0.15, -0.1) is 0 Å². The molecule has 0 fully saturated rings. The Kier molecular flexibility index (Phi) is 4.74. The highest BCUT2D eigenvalue weighted by atomic mass is 19.1. The van der Waals surface area contributed by atoms with Crippen LogP contribution in [0.3, 0.4) is 0 Å². The zero-order valence-corrected chi connectivity index (χ0v) is 10.2. The summed E-state index contributed by atoms with van der Waals surface area (Å²) in [5.74, 6) is 0.305. The lowest BCUT2D eigenvalue weighted by Gasteiger charge is -2.17. The van der Waals surface area contributed by atoms with Crippen LogP contribution < -0.4 is 10.5 Å². The second-order valence-electron chi connectivity index (χ2n) is 4.03. The SMILES string of the molecule is CCc1cc(F)c(OC)c(C(C)CCN)c1. The molecular formula is C13H20FNO. The second kappa shape index (κ2) is 5.85. The van der Waals surface area contributed by atoms with Crippen molar-refractivity contribution in [2.24, 2.45) is 5.73 Å². The van der Waals surface area contributed by atoms with Crippen molar-refractivity contribution in [2.75, 3.05) is 13.7 Å². The Labute approximate surface area is 96.6 Å². The Morgan fingerprint density at radius 2 is 2.12 bits per heavy atom. The fourth-order valence-corrected chi connectivity index (χ4v) is 1.86. The first-order valence-electron chi connectivity index (χ1n) is 5.70. The Hall–Kier alpha value is -1.09. The minimum atomic E-state index is -0.277. The van der Waals surface area contributed by atoms with Gasteiger partial charge in [0.1, 0.15) is 0 Å². The van der Waals surface area contributed by atoms with Gasteiger partial charge in [0.2, 0.25) is 0 Å². The molecule has 2 N–H and O–H groups in total. The molecule has 0 saturated heterocycles. The lowest BCUT2D eigenvalue weighted by molar-refractivity contribution is 0.377. The average Bonchev–Trinajstić information content (AvgIpc) is 2.28. The van der Waals surface area contributed by atoms with E-state index < -0.39 is 0 Å². The zero-order chi connectivity index (χ0) is 12.1. The van der Waals surface area contributed by atoms with E-state index in [4.69, 9.17) is 10.5 Å².